The maximum Gasteiger partial charge on any atom is 0.322 e. The molecule has 0 spiro atoms. The molecule has 0 aliphatic carbocycles. The number of carbonyl (C=O) groups is 1. The maximum atomic E-state index is 12.7. The number of aliphatic carboxylic acids is 1. The number of halogens is 3. The van der Waals surface area contributed by atoms with Crippen molar-refractivity contribution in [2.75, 3.05) is 6.54 Å². The molecule has 116 valence electrons. The van der Waals surface area contributed by atoms with E-state index in [0.29, 0.717) is 12.8 Å². The second kappa shape index (κ2) is 6.30. The van der Waals surface area contributed by atoms with Crippen molar-refractivity contribution in [2.24, 2.45) is 0 Å². The van der Waals surface area contributed by atoms with E-state index in [1.807, 2.05) is 0 Å². The van der Waals surface area contributed by atoms with Crippen LogP contribution in [-0.2, 0) is 14.8 Å². The summed E-state index contributed by atoms with van der Waals surface area (Å²) in [7, 11) is -4.10. The van der Waals surface area contributed by atoms with Crippen LogP contribution in [0.5, 0.6) is 0 Å². The quantitative estimate of drug-likeness (QED) is 0.883. The third-order valence-electron chi connectivity index (χ3n) is 3.27. The number of benzene rings is 1. The van der Waals surface area contributed by atoms with Crippen LogP contribution >= 0.6 is 34.8 Å². The van der Waals surface area contributed by atoms with Crippen molar-refractivity contribution < 1.29 is 18.3 Å². The van der Waals surface area contributed by atoms with E-state index in [-0.39, 0.29) is 32.9 Å². The Morgan fingerprint density at radius 1 is 1.19 bits per heavy atom. The lowest BCUT2D eigenvalue weighted by atomic mass is 10.1. The van der Waals surface area contributed by atoms with E-state index in [0.717, 1.165) is 4.31 Å². The van der Waals surface area contributed by atoms with Crippen LogP contribution in [0.25, 0.3) is 0 Å². The Hall–Kier alpha value is -0.530. The van der Waals surface area contributed by atoms with Gasteiger partial charge >= 0.3 is 5.97 Å². The van der Waals surface area contributed by atoms with Gasteiger partial charge in [0.05, 0.1) is 10.0 Å². The van der Waals surface area contributed by atoms with Crippen molar-refractivity contribution in [1.82, 2.24) is 4.31 Å². The Balaban J connectivity index is 2.53. The van der Waals surface area contributed by atoms with Gasteiger partial charge in [0.1, 0.15) is 10.9 Å². The van der Waals surface area contributed by atoms with Gasteiger partial charge in [0.2, 0.25) is 10.0 Å². The summed E-state index contributed by atoms with van der Waals surface area (Å²) in [4.78, 5) is 11.0. The van der Waals surface area contributed by atoms with Gasteiger partial charge in [-0.1, -0.05) is 34.8 Å². The van der Waals surface area contributed by atoms with E-state index in [4.69, 9.17) is 34.8 Å². The van der Waals surface area contributed by atoms with Crippen molar-refractivity contribution >= 4 is 50.8 Å². The average Bonchev–Trinajstić information content (AvgIpc) is 2.37. The minimum absolute atomic E-state index is 0.120. The van der Waals surface area contributed by atoms with Gasteiger partial charge in [0, 0.05) is 11.6 Å². The molecule has 1 atom stereocenters. The van der Waals surface area contributed by atoms with E-state index >= 15 is 0 Å². The highest BCUT2D eigenvalue weighted by Crippen LogP contribution is 2.36. The Labute approximate surface area is 137 Å². The standard InChI is InChI=1S/C12H12Cl3NO4S/c13-7-5-8(14)11(9(15)6-7)21(19,20)16-4-2-1-3-10(16)12(17)18/h5-6,10H,1-4H2,(H,17,18)/t10-/m1/s1. The molecular formula is C12H12Cl3NO4S. The number of piperidine rings is 1. The smallest absolute Gasteiger partial charge is 0.322 e. The first kappa shape index (κ1) is 16.8. The van der Waals surface area contributed by atoms with Crippen LogP contribution in [0.3, 0.4) is 0 Å². The van der Waals surface area contributed by atoms with Crippen molar-refractivity contribution in [2.45, 2.75) is 30.2 Å². The lowest BCUT2D eigenvalue weighted by Gasteiger charge is -2.32. The van der Waals surface area contributed by atoms with Crippen LogP contribution in [0.15, 0.2) is 17.0 Å². The van der Waals surface area contributed by atoms with Crippen LogP contribution in [0.2, 0.25) is 15.1 Å². The summed E-state index contributed by atoms with van der Waals surface area (Å²) in [5.74, 6) is -1.18. The molecule has 0 aromatic heterocycles. The Morgan fingerprint density at radius 2 is 1.76 bits per heavy atom. The number of carboxylic acid groups (broad SMARTS) is 1. The molecule has 1 aromatic rings. The number of hydrogen-bond acceptors (Lipinski definition) is 3. The SMILES string of the molecule is O=C(O)[C@H]1CCCCN1S(=O)(=O)c1c(Cl)cc(Cl)cc1Cl. The van der Waals surface area contributed by atoms with Crippen LogP contribution in [0.4, 0.5) is 0 Å². The van der Waals surface area contributed by atoms with E-state index in [1.165, 1.54) is 12.1 Å². The van der Waals surface area contributed by atoms with Crippen molar-refractivity contribution in [3.8, 4) is 0 Å². The van der Waals surface area contributed by atoms with Gasteiger partial charge in [-0.2, -0.15) is 4.31 Å². The topological polar surface area (TPSA) is 74.7 Å². The molecule has 21 heavy (non-hydrogen) atoms. The summed E-state index contributed by atoms with van der Waals surface area (Å²) in [5.41, 5.74) is 0. The maximum absolute atomic E-state index is 12.7. The first-order valence-corrected chi connectivity index (χ1v) is 8.71. The molecule has 5 nitrogen and oxygen atoms in total. The molecule has 0 bridgehead atoms. The highest BCUT2D eigenvalue weighted by atomic mass is 35.5. The van der Waals surface area contributed by atoms with Crippen molar-refractivity contribution in [1.29, 1.82) is 0 Å². The lowest BCUT2D eigenvalue weighted by Crippen LogP contribution is -2.47. The fraction of sp³-hybridized carbons (Fsp3) is 0.417. The van der Waals surface area contributed by atoms with Gasteiger partial charge in [-0.05, 0) is 31.4 Å². The van der Waals surface area contributed by atoms with Crippen LogP contribution < -0.4 is 0 Å². The highest BCUT2D eigenvalue weighted by Gasteiger charge is 2.39. The summed E-state index contributed by atoms with van der Waals surface area (Å²) in [6.07, 6.45) is 1.51. The molecule has 9 heteroatoms. The summed E-state index contributed by atoms with van der Waals surface area (Å²) in [6, 6.07) is 1.43. The number of nitrogens with zero attached hydrogens (tertiary/aromatic N) is 1. The molecule has 2 rings (SSSR count). The Bertz CT molecular complexity index is 654. The minimum Gasteiger partial charge on any atom is -0.480 e. The van der Waals surface area contributed by atoms with Crippen molar-refractivity contribution in [3.05, 3.63) is 27.2 Å². The molecule has 1 aliphatic rings. The van der Waals surface area contributed by atoms with Crippen LogP contribution in [-0.4, -0.2) is 36.4 Å². The third-order valence-corrected chi connectivity index (χ3v) is 6.32. The predicted molar refractivity (Wildman–Crippen MR) is 80.6 cm³/mol. The zero-order valence-corrected chi connectivity index (χ0v) is 13.8. The zero-order chi connectivity index (χ0) is 15.8. The Kier molecular flexibility index (Phi) is 5.05. The molecule has 0 unspecified atom stereocenters. The van der Waals surface area contributed by atoms with E-state index < -0.39 is 22.0 Å². The average molecular weight is 373 g/mol. The molecule has 0 saturated carbocycles. The molecule has 1 N–H and O–H groups in total. The second-order valence-electron chi connectivity index (χ2n) is 4.66. The monoisotopic (exact) mass is 371 g/mol. The highest BCUT2D eigenvalue weighted by molar-refractivity contribution is 7.89. The van der Waals surface area contributed by atoms with E-state index in [9.17, 15) is 18.3 Å². The van der Waals surface area contributed by atoms with Gasteiger partial charge < -0.3 is 5.11 Å². The van der Waals surface area contributed by atoms with E-state index in [2.05, 4.69) is 0 Å². The summed E-state index contributed by atoms with van der Waals surface area (Å²) >= 11 is 17.7. The van der Waals surface area contributed by atoms with Gasteiger partial charge in [0.15, 0.2) is 0 Å². The molecule has 1 aliphatic heterocycles. The number of carboxylic acids is 1. The van der Waals surface area contributed by atoms with Crippen LogP contribution in [0.1, 0.15) is 19.3 Å². The van der Waals surface area contributed by atoms with Gasteiger partial charge in [-0.15, -0.1) is 0 Å². The zero-order valence-electron chi connectivity index (χ0n) is 10.7. The molecular weight excluding hydrogens is 361 g/mol. The third kappa shape index (κ3) is 3.29. The fourth-order valence-electron chi connectivity index (χ4n) is 2.33. The van der Waals surface area contributed by atoms with Gasteiger partial charge in [0.25, 0.3) is 0 Å². The van der Waals surface area contributed by atoms with Crippen molar-refractivity contribution in [3.63, 3.8) is 0 Å². The molecule has 1 fully saturated rings. The summed E-state index contributed by atoms with van der Waals surface area (Å²) in [6.45, 7) is 0.120. The molecule has 1 heterocycles. The summed E-state index contributed by atoms with van der Waals surface area (Å²) < 4.78 is 26.4. The van der Waals surface area contributed by atoms with E-state index in [1.54, 1.807) is 0 Å². The van der Waals surface area contributed by atoms with Gasteiger partial charge in [-0.3, -0.25) is 4.79 Å². The molecule has 1 saturated heterocycles. The largest absolute Gasteiger partial charge is 0.480 e. The van der Waals surface area contributed by atoms with Crippen LogP contribution in [0, 0.1) is 0 Å². The second-order valence-corrected chi connectivity index (χ2v) is 7.74. The minimum atomic E-state index is -4.10. The number of hydrogen-bond donors (Lipinski definition) is 1. The summed E-state index contributed by atoms with van der Waals surface area (Å²) in [5, 5.41) is 9.17. The molecule has 0 radical (unpaired) electrons. The number of rotatable bonds is 3. The fourth-order valence-corrected chi connectivity index (χ4v) is 5.48. The molecule has 1 aromatic carbocycles. The Morgan fingerprint density at radius 3 is 2.29 bits per heavy atom. The normalized spacial score (nSPS) is 20.4. The predicted octanol–water partition coefficient (Wildman–Crippen LogP) is 3.27. The first-order valence-electron chi connectivity index (χ1n) is 6.14. The first-order chi connectivity index (χ1) is 9.75. The number of sulfonamides is 1. The lowest BCUT2D eigenvalue weighted by molar-refractivity contribution is -0.142. The van der Waals surface area contributed by atoms with Gasteiger partial charge in [-0.25, -0.2) is 8.42 Å². The molecule has 0 amide bonds.